The number of carbonyl (C=O) groups is 3. The number of rotatable bonds is 4. The molecule has 2 saturated heterocycles. The number of amides is 3. The van der Waals surface area contributed by atoms with E-state index < -0.39 is 18.2 Å². The first-order valence-electron chi connectivity index (χ1n) is 8.73. The average molecular weight is 360 g/mol. The number of hydrogen-bond acceptors (Lipinski definition) is 5. The number of alkyl carbamates (subject to hydrolysis) is 1. The van der Waals surface area contributed by atoms with Gasteiger partial charge in [0.2, 0.25) is 11.8 Å². The fraction of sp³-hybridized carbons (Fsp3) is 0.500. The quantitative estimate of drug-likeness (QED) is 0.769. The highest BCUT2D eigenvalue weighted by molar-refractivity contribution is 5.87. The molecule has 2 aliphatic rings. The number of nitrogens with one attached hydrogen (secondary N) is 1. The molecule has 0 aromatic heterocycles. The molecule has 8 nitrogen and oxygen atoms in total. The van der Waals surface area contributed by atoms with Crippen LogP contribution in [0.1, 0.15) is 12.0 Å². The van der Waals surface area contributed by atoms with Crippen molar-refractivity contribution in [3.8, 4) is 0 Å². The lowest BCUT2D eigenvalue weighted by molar-refractivity contribution is -0.140. The topological polar surface area (TPSA) is 105 Å². The van der Waals surface area contributed by atoms with Crippen LogP contribution >= 0.6 is 0 Å². The Balaban J connectivity index is 1.70. The van der Waals surface area contributed by atoms with Crippen molar-refractivity contribution >= 4 is 17.9 Å². The maximum absolute atomic E-state index is 13.0. The van der Waals surface area contributed by atoms with E-state index >= 15 is 0 Å². The zero-order chi connectivity index (χ0) is 18.7. The van der Waals surface area contributed by atoms with Gasteiger partial charge in [-0.3, -0.25) is 9.59 Å². The lowest BCUT2D eigenvalue weighted by Gasteiger charge is -2.38. The van der Waals surface area contributed by atoms with Gasteiger partial charge in [0.05, 0.1) is 19.2 Å². The smallest absolute Gasteiger partial charge is 0.407 e. The summed E-state index contributed by atoms with van der Waals surface area (Å²) in [5.41, 5.74) is 6.78. The molecule has 3 N–H and O–H groups in total. The van der Waals surface area contributed by atoms with Crippen LogP contribution in [0.2, 0.25) is 0 Å². The fourth-order valence-corrected chi connectivity index (χ4v) is 3.63. The van der Waals surface area contributed by atoms with E-state index in [2.05, 4.69) is 10.1 Å². The van der Waals surface area contributed by atoms with Gasteiger partial charge in [0.1, 0.15) is 6.04 Å². The number of fused-ring (bicyclic) bond motifs is 1. The Kier molecular flexibility index (Phi) is 5.41. The van der Waals surface area contributed by atoms with Gasteiger partial charge in [0, 0.05) is 26.1 Å². The lowest BCUT2D eigenvalue weighted by Crippen LogP contribution is -2.58. The second kappa shape index (κ2) is 7.74. The van der Waals surface area contributed by atoms with Crippen molar-refractivity contribution in [3.05, 3.63) is 35.9 Å². The number of piperazine rings is 1. The molecule has 140 valence electrons. The molecule has 0 saturated carbocycles. The van der Waals surface area contributed by atoms with Gasteiger partial charge in [-0.15, -0.1) is 0 Å². The van der Waals surface area contributed by atoms with E-state index in [9.17, 15) is 14.4 Å². The van der Waals surface area contributed by atoms with Gasteiger partial charge in [0.25, 0.3) is 0 Å². The van der Waals surface area contributed by atoms with E-state index in [4.69, 9.17) is 5.73 Å². The average Bonchev–Trinajstić information content (AvgIpc) is 2.94. The summed E-state index contributed by atoms with van der Waals surface area (Å²) in [5, 5.41) is 2.63. The van der Waals surface area contributed by atoms with Crippen molar-refractivity contribution in [1.29, 1.82) is 0 Å². The van der Waals surface area contributed by atoms with Crippen LogP contribution in [0, 0.1) is 0 Å². The Labute approximate surface area is 152 Å². The van der Waals surface area contributed by atoms with E-state index in [1.165, 1.54) is 7.11 Å². The molecule has 1 aromatic rings. The van der Waals surface area contributed by atoms with Gasteiger partial charge in [-0.1, -0.05) is 30.3 Å². The molecular formula is C18H24N4O4. The molecule has 0 aliphatic carbocycles. The molecule has 3 amide bonds. The summed E-state index contributed by atoms with van der Waals surface area (Å²) in [7, 11) is 1.27. The van der Waals surface area contributed by atoms with Gasteiger partial charge < -0.3 is 25.6 Å². The summed E-state index contributed by atoms with van der Waals surface area (Å²) in [4.78, 5) is 40.2. The lowest BCUT2D eigenvalue weighted by atomic mass is 10.0. The van der Waals surface area contributed by atoms with Crippen LogP contribution in [-0.4, -0.2) is 72.6 Å². The second-order valence-corrected chi connectivity index (χ2v) is 6.69. The molecule has 1 aromatic carbocycles. The zero-order valence-corrected chi connectivity index (χ0v) is 14.8. The molecular weight excluding hydrogens is 336 g/mol. The van der Waals surface area contributed by atoms with Crippen LogP contribution in [0.4, 0.5) is 4.79 Å². The SMILES string of the molecule is COC(=O)NC(Cc1ccccc1)C(=O)N1CCN2C(=O)C(N)CC2C1. The van der Waals surface area contributed by atoms with Gasteiger partial charge in [0.15, 0.2) is 0 Å². The van der Waals surface area contributed by atoms with Crippen LogP contribution in [0.15, 0.2) is 30.3 Å². The minimum Gasteiger partial charge on any atom is -0.453 e. The molecule has 2 aliphatic heterocycles. The van der Waals surface area contributed by atoms with Crippen LogP contribution in [0.25, 0.3) is 0 Å². The first-order valence-corrected chi connectivity index (χ1v) is 8.73. The van der Waals surface area contributed by atoms with E-state index in [0.717, 1.165) is 5.56 Å². The van der Waals surface area contributed by atoms with Gasteiger partial charge in [-0.25, -0.2) is 4.79 Å². The predicted octanol–water partition coefficient (Wildman–Crippen LogP) is -0.276. The Morgan fingerprint density at radius 1 is 1.31 bits per heavy atom. The van der Waals surface area contributed by atoms with Crippen molar-refractivity contribution in [3.63, 3.8) is 0 Å². The normalized spacial score (nSPS) is 23.4. The highest BCUT2D eigenvalue weighted by Gasteiger charge is 2.42. The maximum atomic E-state index is 13.0. The number of nitrogens with two attached hydrogens (primary N) is 1. The van der Waals surface area contributed by atoms with Gasteiger partial charge >= 0.3 is 6.09 Å². The third-order valence-corrected chi connectivity index (χ3v) is 4.98. The van der Waals surface area contributed by atoms with Crippen molar-refractivity contribution in [2.75, 3.05) is 26.7 Å². The molecule has 0 radical (unpaired) electrons. The summed E-state index contributed by atoms with van der Waals surface area (Å²) >= 11 is 0. The van der Waals surface area contributed by atoms with Gasteiger partial charge in [-0.2, -0.15) is 0 Å². The third-order valence-electron chi connectivity index (χ3n) is 4.98. The number of ether oxygens (including phenoxy) is 1. The number of hydrogen-bond donors (Lipinski definition) is 2. The Hall–Kier alpha value is -2.61. The van der Waals surface area contributed by atoms with E-state index in [1.807, 2.05) is 30.3 Å². The molecule has 8 heteroatoms. The predicted molar refractivity (Wildman–Crippen MR) is 94.1 cm³/mol. The van der Waals surface area contributed by atoms with Crippen LogP contribution in [0.3, 0.4) is 0 Å². The third kappa shape index (κ3) is 3.80. The molecule has 26 heavy (non-hydrogen) atoms. The first kappa shape index (κ1) is 18.2. The largest absolute Gasteiger partial charge is 0.453 e. The monoisotopic (exact) mass is 360 g/mol. The second-order valence-electron chi connectivity index (χ2n) is 6.69. The summed E-state index contributed by atoms with van der Waals surface area (Å²) in [5.74, 6) is -0.220. The minimum atomic E-state index is -0.720. The molecule has 2 heterocycles. The highest BCUT2D eigenvalue weighted by Crippen LogP contribution is 2.23. The van der Waals surface area contributed by atoms with Crippen LogP contribution in [-0.2, 0) is 20.7 Å². The molecule has 3 atom stereocenters. The summed E-state index contributed by atoms with van der Waals surface area (Å²) in [6.07, 6.45) is 0.282. The highest BCUT2D eigenvalue weighted by atomic mass is 16.5. The van der Waals surface area contributed by atoms with E-state index in [-0.39, 0.29) is 17.9 Å². The molecule has 3 unspecified atom stereocenters. The van der Waals surface area contributed by atoms with E-state index in [1.54, 1.807) is 9.80 Å². The summed E-state index contributed by atoms with van der Waals surface area (Å²) in [6.45, 7) is 1.34. The molecule has 0 spiro atoms. The van der Waals surface area contributed by atoms with Crippen molar-refractivity contribution in [1.82, 2.24) is 15.1 Å². The fourth-order valence-electron chi connectivity index (χ4n) is 3.63. The Morgan fingerprint density at radius 2 is 2.04 bits per heavy atom. The maximum Gasteiger partial charge on any atom is 0.407 e. The van der Waals surface area contributed by atoms with Crippen molar-refractivity contribution in [2.24, 2.45) is 5.73 Å². The molecule has 2 fully saturated rings. The van der Waals surface area contributed by atoms with Crippen LogP contribution < -0.4 is 11.1 Å². The Bertz CT molecular complexity index is 681. The number of nitrogens with zero attached hydrogens (tertiary/aromatic N) is 2. The number of benzene rings is 1. The Morgan fingerprint density at radius 3 is 2.73 bits per heavy atom. The van der Waals surface area contributed by atoms with Crippen molar-refractivity contribution in [2.45, 2.75) is 31.0 Å². The van der Waals surface area contributed by atoms with Crippen molar-refractivity contribution < 1.29 is 19.1 Å². The van der Waals surface area contributed by atoms with Crippen LogP contribution in [0.5, 0.6) is 0 Å². The number of methoxy groups -OCH3 is 1. The molecule has 3 rings (SSSR count). The zero-order valence-electron chi connectivity index (χ0n) is 14.8. The standard InChI is InChI=1S/C18H24N4O4/c1-26-18(25)20-15(9-12-5-3-2-4-6-12)17(24)21-7-8-22-13(11-21)10-14(19)16(22)23/h2-6,13-15H,7-11,19H2,1H3,(H,20,25). The summed E-state index contributed by atoms with van der Waals surface area (Å²) in [6, 6.07) is 8.24. The first-order chi connectivity index (χ1) is 12.5. The summed E-state index contributed by atoms with van der Waals surface area (Å²) < 4.78 is 4.66. The van der Waals surface area contributed by atoms with E-state index in [0.29, 0.717) is 32.5 Å². The number of carbonyl (C=O) groups excluding carboxylic acids is 3. The molecule has 0 bridgehead atoms. The minimum absolute atomic E-state index is 0.0457. The van der Waals surface area contributed by atoms with Gasteiger partial charge in [-0.05, 0) is 12.0 Å².